The van der Waals surface area contributed by atoms with Crippen LogP contribution in [-0.4, -0.2) is 47.7 Å². The van der Waals surface area contributed by atoms with Crippen LogP contribution in [0.5, 0.6) is 0 Å². The molecule has 5 rings (SSSR count). The summed E-state index contributed by atoms with van der Waals surface area (Å²) in [6.45, 7) is 0.489. The molecule has 8 nitrogen and oxygen atoms in total. The van der Waals surface area contributed by atoms with E-state index in [2.05, 4.69) is 16.0 Å². The third kappa shape index (κ3) is 9.24. The summed E-state index contributed by atoms with van der Waals surface area (Å²) < 4.78 is 0. The maximum atomic E-state index is 13.0. The number of hydrogen-bond acceptors (Lipinski definition) is 4. The molecule has 3 N–H and O–H groups in total. The molecule has 0 unspecified atom stereocenters. The second-order valence-corrected chi connectivity index (χ2v) is 11.0. The fourth-order valence-electron chi connectivity index (χ4n) is 5.21. The van der Waals surface area contributed by atoms with Gasteiger partial charge in [0.25, 0.3) is 0 Å². The average molecular weight is 601 g/mol. The van der Waals surface area contributed by atoms with Crippen LogP contribution in [-0.2, 0) is 32.0 Å². The third-order valence-electron chi connectivity index (χ3n) is 7.57. The van der Waals surface area contributed by atoms with Crippen molar-refractivity contribution in [1.29, 1.82) is 0 Å². The van der Waals surface area contributed by atoms with Crippen molar-refractivity contribution in [3.05, 3.63) is 131 Å². The molecule has 228 valence electrons. The summed E-state index contributed by atoms with van der Waals surface area (Å²) in [5, 5.41) is 8.40. The lowest BCUT2D eigenvalue weighted by Crippen LogP contribution is -2.43. The minimum absolute atomic E-state index is 0.0298. The van der Waals surface area contributed by atoms with E-state index in [-0.39, 0.29) is 43.0 Å². The highest BCUT2D eigenvalue weighted by Gasteiger charge is 2.33. The van der Waals surface area contributed by atoms with Crippen molar-refractivity contribution in [2.45, 2.75) is 31.7 Å². The Hall–Kier alpha value is -5.50. The van der Waals surface area contributed by atoms with Gasteiger partial charge in [0.2, 0.25) is 23.6 Å². The van der Waals surface area contributed by atoms with Crippen molar-refractivity contribution < 1.29 is 19.2 Å². The van der Waals surface area contributed by atoms with Crippen molar-refractivity contribution in [1.82, 2.24) is 10.2 Å². The van der Waals surface area contributed by atoms with E-state index in [0.717, 1.165) is 28.7 Å². The van der Waals surface area contributed by atoms with Gasteiger partial charge < -0.3 is 20.9 Å². The third-order valence-corrected chi connectivity index (χ3v) is 7.57. The molecule has 4 aromatic rings. The number of hydrogen-bond donors (Lipinski definition) is 3. The Bertz CT molecular complexity index is 1640. The minimum Gasteiger partial charge on any atom is -0.347 e. The zero-order valence-corrected chi connectivity index (χ0v) is 24.9. The fourth-order valence-corrected chi connectivity index (χ4v) is 5.21. The van der Waals surface area contributed by atoms with Gasteiger partial charge >= 0.3 is 0 Å². The van der Waals surface area contributed by atoms with Crippen LogP contribution in [0, 0.1) is 0 Å². The number of anilines is 2. The molecule has 4 amide bonds. The molecule has 0 aromatic heterocycles. The molecule has 1 fully saturated rings. The summed E-state index contributed by atoms with van der Waals surface area (Å²) in [6.07, 6.45) is 5.89. The Balaban J connectivity index is 1.06. The van der Waals surface area contributed by atoms with E-state index in [9.17, 15) is 19.2 Å². The first-order valence-electron chi connectivity index (χ1n) is 15.1. The molecule has 1 aliphatic heterocycles. The van der Waals surface area contributed by atoms with Crippen LogP contribution in [0.4, 0.5) is 11.4 Å². The molecular weight excluding hydrogens is 564 g/mol. The first-order valence-corrected chi connectivity index (χ1v) is 15.1. The zero-order valence-electron chi connectivity index (χ0n) is 24.9. The second-order valence-electron chi connectivity index (χ2n) is 11.0. The predicted molar refractivity (Wildman–Crippen MR) is 177 cm³/mol. The van der Waals surface area contributed by atoms with Gasteiger partial charge in [0, 0.05) is 17.9 Å². The fraction of sp³-hybridized carbons (Fsp3) is 0.189. The van der Waals surface area contributed by atoms with E-state index >= 15 is 0 Å². The molecule has 4 aromatic carbocycles. The number of likely N-dealkylation sites (tertiary alicyclic amines) is 1. The maximum Gasteiger partial charge on any atom is 0.247 e. The largest absolute Gasteiger partial charge is 0.347 e. The van der Waals surface area contributed by atoms with E-state index in [1.807, 2.05) is 109 Å². The highest BCUT2D eigenvalue weighted by molar-refractivity contribution is 5.98. The molecule has 1 saturated heterocycles. The predicted octanol–water partition coefficient (Wildman–Crippen LogP) is 5.33. The SMILES string of the molecule is O=C(Cc1ccccc1)NCC(=O)Nc1ccc(/C=C/c2ccc(NC(=O)[C@@H]3CCCN3C(=O)Cc3ccccc3)cc2)cc1. The average Bonchev–Trinajstić information content (AvgIpc) is 3.56. The molecule has 0 spiro atoms. The van der Waals surface area contributed by atoms with Crippen molar-refractivity contribution in [3.63, 3.8) is 0 Å². The molecule has 0 bridgehead atoms. The van der Waals surface area contributed by atoms with Gasteiger partial charge in [0.15, 0.2) is 0 Å². The number of carbonyl (C=O) groups is 4. The lowest BCUT2D eigenvalue weighted by Gasteiger charge is -2.24. The first kappa shape index (κ1) is 30.9. The minimum atomic E-state index is -0.466. The Labute approximate surface area is 263 Å². The molecule has 8 heteroatoms. The summed E-state index contributed by atoms with van der Waals surface area (Å²) in [5.74, 6) is -0.707. The molecule has 1 heterocycles. The number of nitrogens with zero attached hydrogens (tertiary/aromatic N) is 1. The summed E-state index contributed by atoms with van der Waals surface area (Å²) in [7, 11) is 0. The van der Waals surface area contributed by atoms with Crippen LogP contribution >= 0.6 is 0 Å². The van der Waals surface area contributed by atoms with Gasteiger partial charge in [-0.3, -0.25) is 19.2 Å². The standard InChI is InChI=1S/C37H36N4O4/c42-34(24-29-8-3-1-4-9-29)38-26-35(43)39-31-19-15-27(16-20-31)13-14-28-17-21-32(22-18-28)40-37(45)33-12-7-23-41(33)36(44)25-30-10-5-2-6-11-30/h1-6,8-11,13-22,33H,7,12,23-26H2,(H,38,42)(H,39,43)(H,40,45)/b14-13+/t33-/m0/s1. The Morgan fingerprint density at radius 1 is 0.644 bits per heavy atom. The Kier molecular flexibility index (Phi) is 10.5. The topological polar surface area (TPSA) is 108 Å². The van der Waals surface area contributed by atoms with Crippen molar-refractivity contribution in [2.75, 3.05) is 23.7 Å². The highest BCUT2D eigenvalue weighted by Crippen LogP contribution is 2.21. The van der Waals surface area contributed by atoms with Crippen LogP contribution in [0.2, 0.25) is 0 Å². The number of amides is 4. The van der Waals surface area contributed by atoms with Gasteiger partial charge in [-0.15, -0.1) is 0 Å². The van der Waals surface area contributed by atoms with Crippen LogP contribution < -0.4 is 16.0 Å². The number of carbonyl (C=O) groups excluding carboxylic acids is 4. The smallest absolute Gasteiger partial charge is 0.247 e. The highest BCUT2D eigenvalue weighted by atomic mass is 16.2. The molecule has 1 atom stereocenters. The molecule has 0 saturated carbocycles. The maximum absolute atomic E-state index is 13.0. The van der Waals surface area contributed by atoms with Crippen LogP contribution in [0.25, 0.3) is 12.2 Å². The van der Waals surface area contributed by atoms with Gasteiger partial charge in [-0.2, -0.15) is 0 Å². The van der Waals surface area contributed by atoms with Gasteiger partial charge in [0.1, 0.15) is 6.04 Å². The van der Waals surface area contributed by atoms with E-state index in [0.29, 0.717) is 24.3 Å². The van der Waals surface area contributed by atoms with Crippen molar-refractivity contribution in [3.8, 4) is 0 Å². The number of benzene rings is 4. The van der Waals surface area contributed by atoms with Gasteiger partial charge in [-0.25, -0.2) is 0 Å². The molecule has 0 radical (unpaired) electrons. The lowest BCUT2D eigenvalue weighted by atomic mass is 10.1. The summed E-state index contributed by atoms with van der Waals surface area (Å²) >= 11 is 0. The number of rotatable bonds is 11. The number of nitrogens with one attached hydrogen (secondary N) is 3. The van der Waals surface area contributed by atoms with E-state index in [1.165, 1.54) is 0 Å². The first-order chi connectivity index (χ1) is 21.9. The normalized spacial score (nSPS) is 14.2. The van der Waals surface area contributed by atoms with Crippen LogP contribution in [0.3, 0.4) is 0 Å². The van der Waals surface area contributed by atoms with Crippen LogP contribution in [0.1, 0.15) is 35.1 Å². The zero-order chi connectivity index (χ0) is 31.4. The van der Waals surface area contributed by atoms with Gasteiger partial charge in [-0.1, -0.05) is 97.1 Å². The summed E-state index contributed by atoms with van der Waals surface area (Å²) in [6, 6.07) is 33.4. The second kappa shape index (κ2) is 15.3. The van der Waals surface area contributed by atoms with Crippen LogP contribution in [0.15, 0.2) is 109 Å². The quantitative estimate of drug-likeness (QED) is 0.202. The summed E-state index contributed by atoms with van der Waals surface area (Å²) in [4.78, 5) is 52.0. The van der Waals surface area contributed by atoms with E-state index < -0.39 is 6.04 Å². The molecular formula is C37H36N4O4. The molecule has 45 heavy (non-hydrogen) atoms. The van der Waals surface area contributed by atoms with E-state index in [4.69, 9.17) is 0 Å². The van der Waals surface area contributed by atoms with Gasteiger partial charge in [-0.05, 0) is 59.4 Å². The molecule has 0 aliphatic carbocycles. The Morgan fingerprint density at radius 3 is 1.76 bits per heavy atom. The van der Waals surface area contributed by atoms with E-state index in [1.54, 1.807) is 17.0 Å². The molecule has 1 aliphatic rings. The van der Waals surface area contributed by atoms with Crippen molar-refractivity contribution in [2.24, 2.45) is 0 Å². The Morgan fingerprint density at radius 2 is 1.18 bits per heavy atom. The summed E-state index contributed by atoms with van der Waals surface area (Å²) in [5.41, 5.74) is 5.05. The van der Waals surface area contributed by atoms with Gasteiger partial charge in [0.05, 0.1) is 19.4 Å². The van der Waals surface area contributed by atoms with Crippen molar-refractivity contribution >= 4 is 47.2 Å². The monoisotopic (exact) mass is 600 g/mol. The lowest BCUT2D eigenvalue weighted by molar-refractivity contribution is -0.136.